The zero-order chi connectivity index (χ0) is 14.5. The molecule has 3 N–H and O–H groups in total. The first-order valence-corrected chi connectivity index (χ1v) is 6.94. The van der Waals surface area contributed by atoms with Gasteiger partial charge in [-0.15, -0.1) is 0 Å². The van der Waals surface area contributed by atoms with Crippen LogP contribution in [0.25, 0.3) is 0 Å². The quantitative estimate of drug-likeness (QED) is 0.703. The van der Waals surface area contributed by atoms with Crippen molar-refractivity contribution in [3.05, 3.63) is 11.6 Å². The summed E-state index contributed by atoms with van der Waals surface area (Å²) in [7, 11) is 0. The van der Waals surface area contributed by atoms with Crippen LogP contribution in [0, 0.1) is 11.3 Å². The highest BCUT2D eigenvalue weighted by Gasteiger charge is 2.55. The normalized spacial score (nSPS) is 42.3. The minimum absolute atomic E-state index is 0.140. The number of aliphatic hydroxyl groups is 3. The molecule has 0 bridgehead atoms. The standard InChI is InChI=1S/C15H24O4/c1-10-6-12(17)7-11-4-5-15(19,8-13(10,11)2)14(3,18)9-16/h7,10,16,18-19H,4-6,8-9H2,1-3H3/t10-,13+,14?,15-/m1/s1. The first kappa shape index (κ1) is 14.7. The number of allylic oxidation sites excluding steroid dienone is 2. The lowest BCUT2D eigenvalue weighted by molar-refractivity contribution is -0.190. The number of carbonyl (C=O) groups is 1. The molecule has 0 spiro atoms. The van der Waals surface area contributed by atoms with Crippen molar-refractivity contribution in [1.29, 1.82) is 0 Å². The highest BCUT2D eigenvalue weighted by Crippen LogP contribution is 2.54. The minimum atomic E-state index is -1.51. The van der Waals surface area contributed by atoms with Crippen molar-refractivity contribution in [2.24, 2.45) is 11.3 Å². The average Bonchev–Trinajstić information content (AvgIpc) is 2.31. The van der Waals surface area contributed by atoms with Crippen molar-refractivity contribution in [1.82, 2.24) is 0 Å². The van der Waals surface area contributed by atoms with Crippen LogP contribution in [0.1, 0.15) is 46.5 Å². The van der Waals surface area contributed by atoms with Gasteiger partial charge < -0.3 is 15.3 Å². The second-order valence-electron chi connectivity index (χ2n) is 6.80. The lowest BCUT2D eigenvalue weighted by Gasteiger charge is -2.53. The Balaban J connectivity index is 2.37. The molecule has 0 amide bonds. The van der Waals surface area contributed by atoms with Crippen LogP contribution in [0.3, 0.4) is 0 Å². The van der Waals surface area contributed by atoms with Gasteiger partial charge in [0.1, 0.15) is 5.60 Å². The van der Waals surface area contributed by atoms with Crippen molar-refractivity contribution in [3.8, 4) is 0 Å². The van der Waals surface area contributed by atoms with Crippen LogP contribution in [0.2, 0.25) is 0 Å². The molecule has 4 heteroatoms. The van der Waals surface area contributed by atoms with Crippen LogP contribution in [-0.4, -0.2) is 38.9 Å². The van der Waals surface area contributed by atoms with E-state index < -0.39 is 17.8 Å². The maximum atomic E-state index is 11.7. The number of hydrogen-bond acceptors (Lipinski definition) is 4. The summed E-state index contributed by atoms with van der Waals surface area (Å²) in [5, 5.41) is 30.3. The number of hydrogen-bond donors (Lipinski definition) is 3. The molecule has 1 fully saturated rings. The maximum Gasteiger partial charge on any atom is 0.155 e. The highest BCUT2D eigenvalue weighted by atomic mass is 16.4. The van der Waals surface area contributed by atoms with Gasteiger partial charge in [0.05, 0.1) is 12.2 Å². The molecule has 2 aliphatic rings. The van der Waals surface area contributed by atoms with Crippen molar-refractivity contribution in [3.63, 3.8) is 0 Å². The topological polar surface area (TPSA) is 77.8 Å². The van der Waals surface area contributed by atoms with Gasteiger partial charge in [0, 0.05) is 6.42 Å². The van der Waals surface area contributed by atoms with Crippen molar-refractivity contribution < 1.29 is 20.1 Å². The van der Waals surface area contributed by atoms with Crippen LogP contribution in [0.4, 0.5) is 0 Å². The largest absolute Gasteiger partial charge is 0.393 e. The van der Waals surface area contributed by atoms with Gasteiger partial charge in [-0.3, -0.25) is 4.79 Å². The van der Waals surface area contributed by atoms with Gasteiger partial charge in [-0.1, -0.05) is 19.4 Å². The van der Waals surface area contributed by atoms with E-state index in [1.54, 1.807) is 6.08 Å². The van der Waals surface area contributed by atoms with Gasteiger partial charge in [0.15, 0.2) is 5.78 Å². The number of aliphatic hydroxyl groups excluding tert-OH is 1. The molecule has 0 aromatic heterocycles. The van der Waals surface area contributed by atoms with E-state index in [4.69, 9.17) is 0 Å². The fraction of sp³-hybridized carbons (Fsp3) is 0.800. The summed E-state index contributed by atoms with van der Waals surface area (Å²) in [5.74, 6) is 0.292. The van der Waals surface area contributed by atoms with Gasteiger partial charge in [-0.2, -0.15) is 0 Å². The third kappa shape index (κ3) is 2.16. The number of carbonyl (C=O) groups excluding carboxylic acids is 1. The predicted octanol–water partition coefficient (Wildman–Crippen LogP) is 1.19. The first-order valence-electron chi connectivity index (χ1n) is 6.94. The number of ketones is 1. The molecule has 0 saturated heterocycles. The Morgan fingerprint density at radius 2 is 2.16 bits per heavy atom. The second-order valence-corrected chi connectivity index (χ2v) is 6.80. The van der Waals surface area contributed by atoms with Gasteiger partial charge >= 0.3 is 0 Å². The van der Waals surface area contributed by atoms with Gasteiger partial charge in [0.2, 0.25) is 0 Å². The molecule has 0 radical (unpaired) electrons. The number of fused-ring (bicyclic) bond motifs is 1. The van der Waals surface area contributed by atoms with Crippen molar-refractivity contribution in [2.45, 2.75) is 57.7 Å². The Labute approximate surface area is 114 Å². The molecule has 0 heterocycles. The van der Waals surface area contributed by atoms with E-state index in [-0.39, 0.29) is 17.1 Å². The van der Waals surface area contributed by atoms with Gasteiger partial charge in [-0.05, 0) is 43.6 Å². The molecule has 19 heavy (non-hydrogen) atoms. The molecular weight excluding hydrogens is 244 g/mol. The Hall–Kier alpha value is -0.710. The van der Waals surface area contributed by atoms with Gasteiger partial charge in [0.25, 0.3) is 0 Å². The molecule has 1 saturated carbocycles. The van der Waals surface area contributed by atoms with Crippen LogP contribution < -0.4 is 0 Å². The fourth-order valence-electron chi connectivity index (χ4n) is 3.55. The minimum Gasteiger partial charge on any atom is -0.393 e. The first-order chi connectivity index (χ1) is 8.64. The predicted molar refractivity (Wildman–Crippen MR) is 71.5 cm³/mol. The summed E-state index contributed by atoms with van der Waals surface area (Å²) in [5.41, 5.74) is -2.01. The molecule has 0 aliphatic heterocycles. The van der Waals surface area contributed by atoms with E-state index in [1.165, 1.54) is 6.92 Å². The number of rotatable bonds is 2. The van der Waals surface area contributed by atoms with E-state index in [0.717, 1.165) is 5.57 Å². The SMILES string of the molecule is C[C@@H]1CC(=O)C=C2CC[C@](O)(C(C)(O)CO)C[C@]21C. The average molecular weight is 268 g/mol. The van der Waals surface area contributed by atoms with E-state index in [1.807, 2.05) is 13.8 Å². The van der Waals surface area contributed by atoms with Crippen molar-refractivity contribution in [2.75, 3.05) is 6.61 Å². The second kappa shape index (κ2) is 4.40. The van der Waals surface area contributed by atoms with E-state index in [9.17, 15) is 20.1 Å². The van der Waals surface area contributed by atoms with Crippen LogP contribution in [-0.2, 0) is 4.79 Å². The van der Waals surface area contributed by atoms with Crippen LogP contribution in [0.15, 0.2) is 11.6 Å². The van der Waals surface area contributed by atoms with Gasteiger partial charge in [-0.25, -0.2) is 0 Å². The van der Waals surface area contributed by atoms with Crippen molar-refractivity contribution >= 4 is 5.78 Å². The molecule has 0 aromatic carbocycles. The summed E-state index contributed by atoms with van der Waals surface area (Å²) in [6.07, 6.45) is 3.56. The zero-order valence-electron chi connectivity index (χ0n) is 11.9. The molecule has 0 aromatic rings. The monoisotopic (exact) mass is 268 g/mol. The molecule has 1 unspecified atom stereocenters. The summed E-state index contributed by atoms with van der Waals surface area (Å²) in [6.45, 7) is 5.08. The lowest BCUT2D eigenvalue weighted by Crippen LogP contribution is -2.60. The molecule has 4 atom stereocenters. The third-order valence-corrected chi connectivity index (χ3v) is 5.44. The zero-order valence-corrected chi connectivity index (χ0v) is 11.9. The van der Waals surface area contributed by atoms with E-state index in [0.29, 0.717) is 25.7 Å². The smallest absolute Gasteiger partial charge is 0.155 e. The summed E-state index contributed by atoms with van der Waals surface area (Å²) < 4.78 is 0. The Morgan fingerprint density at radius 1 is 1.53 bits per heavy atom. The Bertz CT molecular complexity index is 426. The molecule has 108 valence electrons. The summed E-state index contributed by atoms with van der Waals surface area (Å²) >= 11 is 0. The summed E-state index contributed by atoms with van der Waals surface area (Å²) in [6, 6.07) is 0. The molecule has 2 rings (SSSR count). The summed E-state index contributed by atoms with van der Waals surface area (Å²) in [4.78, 5) is 11.7. The molecule has 2 aliphatic carbocycles. The lowest BCUT2D eigenvalue weighted by atomic mass is 9.54. The van der Waals surface area contributed by atoms with E-state index in [2.05, 4.69) is 0 Å². The van der Waals surface area contributed by atoms with E-state index >= 15 is 0 Å². The highest BCUT2D eigenvalue weighted by molar-refractivity contribution is 5.92. The Kier molecular flexibility index (Phi) is 3.40. The van der Waals surface area contributed by atoms with Crippen LogP contribution >= 0.6 is 0 Å². The third-order valence-electron chi connectivity index (χ3n) is 5.44. The fourth-order valence-corrected chi connectivity index (χ4v) is 3.55. The molecule has 4 nitrogen and oxygen atoms in total. The molecular formula is C15H24O4. The Morgan fingerprint density at radius 3 is 2.74 bits per heavy atom. The van der Waals surface area contributed by atoms with Crippen LogP contribution in [0.5, 0.6) is 0 Å². The maximum absolute atomic E-state index is 11.7.